The van der Waals surface area contributed by atoms with Crippen LogP contribution in [0, 0.1) is 12.3 Å². The van der Waals surface area contributed by atoms with Gasteiger partial charge in [-0.2, -0.15) is 0 Å². The zero-order valence-electron chi connectivity index (χ0n) is 17.3. The molecule has 7 nitrogen and oxygen atoms in total. The molecular weight excluding hydrogens is 386 g/mol. The Morgan fingerprint density at radius 1 is 1.13 bits per heavy atom. The van der Waals surface area contributed by atoms with Gasteiger partial charge in [-0.3, -0.25) is 5.32 Å². The first-order chi connectivity index (χ1) is 14.2. The maximum atomic E-state index is 12.6. The van der Waals surface area contributed by atoms with Crippen LogP contribution >= 0.6 is 0 Å². The molecule has 0 aromatic heterocycles. The van der Waals surface area contributed by atoms with Crippen molar-refractivity contribution in [1.29, 1.82) is 0 Å². The number of carbonyl (C=O) groups is 2. The van der Waals surface area contributed by atoms with Crippen molar-refractivity contribution in [1.82, 2.24) is 0 Å². The molecular formula is C23H27NO6. The van der Waals surface area contributed by atoms with Crippen molar-refractivity contribution >= 4 is 17.7 Å². The van der Waals surface area contributed by atoms with Crippen molar-refractivity contribution < 1.29 is 29.3 Å². The Kier molecular flexibility index (Phi) is 8.00. The Morgan fingerprint density at radius 3 is 2.43 bits per heavy atom. The van der Waals surface area contributed by atoms with Gasteiger partial charge in [0.15, 0.2) is 0 Å². The van der Waals surface area contributed by atoms with Gasteiger partial charge in [-0.15, -0.1) is 0 Å². The van der Waals surface area contributed by atoms with Crippen molar-refractivity contribution in [2.75, 3.05) is 18.5 Å². The first-order valence-corrected chi connectivity index (χ1v) is 9.52. The number of nitrogens with one attached hydrogen (secondary N) is 1. The smallest absolute Gasteiger partial charge is 0.412 e. The van der Waals surface area contributed by atoms with E-state index in [1.54, 1.807) is 50.2 Å². The fourth-order valence-electron chi connectivity index (χ4n) is 2.87. The molecule has 2 rings (SSSR count). The summed E-state index contributed by atoms with van der Waals surface area (Å²) in [6.07, 6.45) is 0.957. The Labute approximate surface area is 176 Å². The molecule has 160 valence electrons. The molecule has 1 atom stereocenters. The number of carboxylic acid groups (broad SMARTS) is 1. The molecule has 0 saturated carbocycles. The number of para-hydroxylation sites is 1. The minimum Gasteiger partial charge on any atom is -0.491 e. The summed E-state index contributed by atoms with van der Waals surface area (Å²) < 4.78 is 11.4. The second-order valence-corrected chi connectivity index (χ2v) is 7.38. The average molecular weight is 413 g/mol. The van der Waals surface area contributed by atoms with Crippen molar-refractivity contribution in [2.24, 2.45) is 5.41 Å². The van der Waals surface area contributed by atoms with Gasteiger partial charge in [-0.25, -0.2) is 9.59 Å². The summed E-state index contributed by atoms with van der Waals surface area (Å²) in [5, 5.41) is 20.8. The Balaban J connectivity index is 2.35. The lowest BCUT2D eigenvalue weighted by Gasteiger charge is -2.32. The molecule has 0 fully saturated rings. The van der Waals surface area contributed by atoms with Crippen LogP contribution in [0.1, 0.15) is 31.1 Å². The topological polar surface area (TPSA) is 105 Å². The zero-order valence-corrected chi connectivity index (χ0v) is 17.3. The zero-order chi connectivity index (χ0) is 22.1. The normalized spacial score (nSPS) is 12.4. The number of benzene rings is 2. The van der Waals surface area contributed by atoms with E-state index in [-0.39, 0.29) is 13.2 Å². The number of hydrogen-bond donors (Lipinski definition) is 3. The lowest BCUT2D eigenvalue weighted by atomic mass is 9.81. The van der Waals surface area contributed by atoms with E-state index in [0.29, 0.717) is 17.0 Å². The number of hydrogen-bond acceptors (Lipinski definition) is 5. The van der Waals surface area contributed by atoms with Crippen LogP contribution in [0.2, 0.25) is 0 Å². The molecule has 0 saturated heterocycles. The lowest BCUT2D eigenvalue weighted by Crippen LogP contribution is -2.28. The monoisotopic (exact) mass is 413 g/mol. The van der Waals surface area contributed by atoms with Crippen LogP contribution in [-0.2, 0) is 9.53 Å². The van der Waals surface area contributed by atoms with Crippen LogP contribution in [0.15, 0.2) is 60.7 Å². The lowest BCUT2D eigenvalue weighted by molar-refractivity contribution is -0.131. The summed E-state index contributed by atoms with van der Waals surface area (Å²) in [6, 6.07) is 14.2. The van der Waals surface area contributed by atoms with Crippen LogP contribution in [0.25, 0.3) is 0 Å². The Hall–Kier alpha value is -3.32. The van der Waals surface area contributed by atoms with Gasteiger partial charge in [0.05, 0.1) is 6.61 Å². The van der Waals surface area contributed by atoms with Crippen molar-refractivity contribution in [3.63, 3.8) is 0 Å². The Bertz CT molecular complexity index is 889. The number of ether oxygens (including phenoxy) is 2. The van der Waals surface area contributed by atoms with Gasteiger partial charge in [0.2, 0.25) is 0 Å². The van der Waals surface area contributed by atoms with E-state index >= 15 is 0 Å². The van der Waals surface area contributed by atoms with Crippen LogP contribution < -0.4 is 10.1 Å². The number of aryl methyl sites for hydroxylation is 1. The van der Waals surface area contributed by atoms with Gasteiger partial charge < -0.3 is 19.7 Å². The fourth-order valence-corrected chi connectivity index (χ4v) is 2.87. The number of aliphatic carboxylic acids is 1. The summed E-state index contributed by atoms with van der Waals surface area (Å²) in [4.78, 5) is 23.7. The van der Waals surface area contributed by atoms with Gasteiger partial charge in [0.1, 0.15) is 18.5 Å². The second-order valence-electron chi connectivity index (χ2n) is 7.38. The number of amides is 1. The van der Waals surface area contributed by atoms with Gasteiger partial charge in [0, 0.05) is 22.7 Å². The van der Waals surface area contributed by atoms with Crippen LogP contribution in [0.3, 0.4) is 0 Å². The quantitative estimate of drug-likeness (QED) is 0.529. The summed E-state index contributed by atoms with van der Waals surface area (Å²) in [5.41, 5.74) is 1.32. The number of carbonyl (C=O) groups excluding carboxylic acids is 1. The van der Waals surface area contributed by atoms with E-state index in [4.69, 9.17) is 19.7 Å². The highest BCUT2D eigenvalue weighted by Gasteiger charge is 2.34. The molecule has 0 unspecified atom stereocenters. The molecule has 0 heterocycles. The number of aliphatic hydroxyl groups excluding tert-OH is 1. The SMILES string of the molecule is Cc1ccc(NC(=O)O[C@@H](c2ccccc2OCCO)C(C)(C)/C=C/C(=O)O)cc1. The fraction of sp³-hybridized carbons (Fsp3) is 0.304. The molecule has 0 radical (unpaired) electrons. The van der Waals surface area contributed by atoms with Gasteiger partial charge in [0.25, 0.3) is 0 Å². The molecule has 30 heavy (non-hydrogen) atoms. The predicted molar refractivity (Wildman–Crippen MR) is 114 cm³/mol. The molecule has 0 aliphatic carbocycles. The molecule has 1 amide bonds. The predicted octanol–water partition coefficient (Wildman–Crippen LogP) is 4.32. The van der Waals surface area contributed by atoms with Crippen molar-refractivity contribution in [2.45, 2.75) is 26.9 Å². The highest BCUT2D eigenvalue weighted by molar-refractivity contribution is 5.85. The molecule has 0 spiro atoms. The Morgan fingerprint density at radius 2 is 1.80 bits per heavy atom. The molecule has 7 heteroatoms. The number of anilines is 1. The first-order valence-electron chi connectivity index (χ1n) is 9.52. The summed E-state index contributed by atoms with van der Waals surface area (Å²) >= 11 is 0. The molecule has 0 aliphatic heterocycles. The van der Waals surface area contributed by atoms with E-state index < -0.39 is 23.6 Å². The minimum atomic E-state index is -1.10. The van der Waals surface area contributed by atoms with E-state index in [2.05, 4.69) is 5.32 Å². The molecule has 2 aromatic rings. The number of rotatable bonds is 9. The summed E-state index contributed by atoms with van der Waals surface area (Å²) in [6.45, 7) is 5.37. The van der Waals surface area contributed by atoms with Crippen molar-refractivity contribution in [3.8, 4) is 5.75 Å². The number of aliphatic hydroxyl groups is 1. The standard InChI is InChI=1S/C23H27NO6/c1-16-8-10-17(11-9-16)24-22(28)30-21(23(2,3)13-12-20(26)27)18-6-4-5-7-19(18)29-15-14-25/h4-13,21,25H,14-15H2,1-3H3,(H,24,28)(H,26,27)/b13-12+/t21-/m0/s1. The maximum Gasteiger partial charge on any atom is 0.412 e. The van der Waals surface area contributed by atoms with Crippen LogP contribution in [0.5, 0.6) is 5.75 Å². The molecule has 0 aliphatic rings. The van der Waals surface area contributed by atoms with Crippen molar-refractivity contribution in [3.05, 3.63) is 71.8 Å². The average Bonchev–Trinajstić information content (AvgIpc) is 2.71. The minimum absolute atomic E-state index is 0.0741. The third kappa shape index (κ3) is 6.63. The van der Waals surface area contributed by atoms with E-state index in [9.17, 15) is 9.59 Å². The number of carboxylic acids is 1. The van der Waals surface area contributed by atoms with E-state index in [1.807, 2.05) is 19.1 Å². The second kappa shape index (κ2) is 10.5. The summed E-state index contributed by atoms with van der Waals surface area (Å²) in [5.74, 6) is -0.660. The highest BCUT2D eigenvalue weighted by atomic mass is 16.6. The largest absolute Gasteiger partial charge is 0.491 e. The van der Waals surface area contributed by atoms with E-state index in [1.165, 1.54) is 6.08 Å². The molecule has 3 N–H and O–H groups in total. The van der Waals surface area contributed by atoms with E-state index in [0.717, 1.165) is 11.6 Å². The van der Waals surface area contributed by atoms with Gasteiger partial charge in [-0.05, 0) is 25.1 Å². The third-order valence-corrected chi connectivity index (χ3v) is 4.40. The third-order valence-electron chi connectivity index (χ3n) is 4.40. The van der Waals surface area contributed by atoms with Gasteiger partial charge in [-0.1, -0.05) is 55.8 Å². The first kappa shape index (κ1) is 23.0. The summed E-state index contributed by atoms with van der Waals surface area (Å²) in [7, 11) is 0. The van der Waals surface area contributed by atoms with Gasteiger partial charge >= 0.3 is 12.1 Å². The maximum absolute atomic E-state index is 12.6. The molecule has 0 bridgehead atoms. The molecule has 2 aromatic carbocycles. The van der Waals surface area contributed by atoms with Crippen LogP contribution in [-0.4, -0.2) is 35.5 Å². The van der Waals surface area contributed by atoms with Crippen LogP contribution in [0.4, 0.5) is 10.5 Å². The highest BCUT2D eigenvalue weighted by Crippen LogP contribution is 2.42.